The van der Waals surface area contributed by atoms with Crippen molar-refractivity contribution < 1.29 is 9.32 Å². The Labute approximate surface area is 147 Å². The Morgan fingerprint density at radius 2 is 2.21 bits per heavy atom. The first kappa shape index (κ1) is 16.8. The Morgan fingerprint density at radius 1 is 1.42 bits per heavy atom. The van der Waals surface area contributed by atoms with Gasteiger partial charge in [0.25, 0.3) is 0 Å². The zero-order chi connectivity index (χ0) is 17.3. The predicted octanol–water partition coefficient (Wildman–Crippen LogP) is 5.13. The maximum Gasteiger partial charge on any atom is 0.322 e. The molecule has 1 atom stereocenters. The van der Waals surface area contributed by atoms with Crippen molar-refractivity contribution in [3.63, 3.8) is 0 Å². The van der Waals surface area contributed by atoms with Gasteiger partial charge < -0.3 is 14.7 Å². The van der Waals surface area contributed by atoms with Crippen LogP contribution in [0.15, 0.2) is 28.8 Å². The minimum absolute atomic E-state index is 0.0748. The molecule has 3 rings (SSSR count). The smallest absolute Gasteiger partial charge is 0.322 e. The van der Waals surface area contributed by atoms with Gasteiger partial charge in [0.2, 0.25) is 0 Å². The lowest BCUT2D eigenvalue weighted by Crippen LogP contribution is -2.34. The molecular formula is C18H22ClN3O2. The van der Waals surface area contributed by atoms with Gasteiger partial charge in [-0.05, 0) is 43.4 Å². The molecule has 1 fully saturated rings. The van der Waals surface area contributed by atoms with Gasteiger partial charge in [0.05, 0.1) is 22.4 Å². The first-order valence-electron chi connectivity index (χ1n) is 8.26. The molecule has 0 unspecified atom stereocenters. The zero-order valence-corrected chi connectivity index (χ0v) is 14.9. The number of aromatic nitrogens is 1. The molecule has 5 nitrogen and oxygen atoms in total. The van der Waals surface area contributed by atoms with Crippen molar-refractivity contribution in [1.29, 1.82) is 0 Å². The third-order valence-corrected chi connectivity index (χ3v) is 4.66. The molecule has 1 saturated heterocycles. The molecule has 0 spiro atoms. The van der Waals surface area contributed by atoms with Crippen LogP contribution in [-0.2, 0) is 0 Å². The standard InChI is InChI=1S/C18H22ClN3O2/c1-11(2)15-10-17(24-21-15)16-5-4-8-22(16)18(23)20-14-7-6-12(3)9-13(14)19/h6-7,9-11,16H,4-5,8H2,1-3H3,(H,20,23)/t16-/m1/s1. The van der Waals surface area contributed by atoms with E-state index in [0.29, 0.717) is 23.2 Å². The first-order chi connectivity index (χ1) is 11.5. The summed E-state index contributed by atoms with van der Waals surface area (Å²) in [5.74, 6) is 1.05. The van der Waals surface area contributed by atoms with Crippen molar-refractivity contribution in [2.75, 3.05) is 11.9 Å². The van der Waals surface area contributed by atoms with Gasteiger partial charge in [-0.3, -0.25) is 0 Å². The quantitative estimate of drug-likeness (QED) is 0.837. The zero-order valence-electron chi connectivity index (χ0n) is 14.2. The largest absolute Gasteiger partial charge is 0.359 e. The normalized spacial score (nSPS) is 17.5. The Balaban J connectivity index is 1.75. The number of rotatable bonds is 3. The second-order valence-corrected chi connectivity index (χ2v) is 6.98. The number of anilines is 1. The highest BCUT2D eigenvalue weighted by Gasteiger charge is 2.33. The van der Waals surface area contributed by atoms with E-state index in [2.05, 4.69) is 24.3 Å². The van der Waals surface area contributed by atoms with E-state index in [-0.39, 0.29) is 12.1 Å². The molecule has 0 radical (unpaired) electrons. The van der Waals surface area contributed by atoms with Crippen molar-refractivity contribution in [2.24, 2.45) is 0 Å². The topological polar surface area (TPSA) is 58.4 Å². The van der Waals surface area contributed by atoms with Crippen LogP contribution >= 0.6 is 11.6 Å². The highest BCUT2D eigenvalue weighted by atomic mass is 35.5. The van der Waals surface area contributed by atoms with Crippen LogP contribution in [-0.4, -0.2) is 22.6 Å². The summed E-state index contributed by atoms with van der Waals surface area (Å²) < 4.78 is 5.48. The van der Waals surface area contributed by atoms with E-state index in [4.69, 9.17) is 16.1 Å². The molecule has 1 aromatic carbocycles. The average Bonchev–Trinajstić information content (AvgIpc) is 3.17. The summed E-state index contributed by atoms with van der Waals surface area (Å²) in [7, 11) is 0. The summed E-state index contributed by atoms with van der Waals surface area (Å²) >= 11 is 6.21. The number of halogens is 1. The van der Waals surface area contributed by atoms with Crippen molar-refractivity contribution in [1.82, 2.24) is 10.1 Å². The lowest BCUT2D eigenvalue weighted by molar-refractivity contribution is 0.195. The average molecular weight is 348 g/mol. The van der Waals surface area contributed by atoms with Crippen molar-refractivity contribution in [2.45, 2.75) is 45.6 Å². The number of carbonyl (C=O) groups is 1. The molecule has 0 saturated carbocycles. The van der Waals surface area contributed by atoms with E-state index >= 15 is 0 Å². The summed E-state index contributed by atoms with van der Waals surface area (Å²) in [5, 5.41) is 7.55. The fourth-order valence-corrected chi connectivity index (χ4v) is 3.23. The van der Waals surface area contributed by atoms with Gasteiger partial charge in [0.15, 0.2) is 5.76 Å². The number of carbonyl (C=O) groups excluding carboxylic acids is 1. The molecule has 2 amide bonds. The lowest BCUT2D eigenvalue weighted by Gasteiger charge is -2.23. The number of nitrogens with one attached hydrogen (secondary N) is 1. The number of benzene rings is 1. The molecule has 1 aromatic heterocycles. The van der Waals surface area contributed by atoms with E-state index in [1.807, 2.05) is 31.2 Å². The molecule has 1 N–H and O–H groups in total. The second kappa shape index (κ2) is 6.85. The Bertz CT molecular complexity index is 742. The molecule has 6 heteroatoms. The SMILES string of the molecule is Cc1ccc(NC(=O)N2CCC[C@@H]2c2cc(C(C)C)no2)c(Cl)c1. The maximum atomic E-state index is 12.7. The Kier molecular flexibility index (Phi) is 4.81. The Morgan fingerprint density at radius 3 is 2.88 bits per heavy atom. The highest BCUT2D eigenvalue weighted by molar-refractivity contribution is 6.33. The van der Waals surface area contributed by atoms with Crippen molar-refractivity contribution in [3.8, 4) is 0 Å². The molecule has 2 aromatic rings. The van der Waals surface area contributed by atoms with E-state index in [0.717, 1.165) is 29.9 Å². The summed E-state index contributed by atoms with van der Waals surface area (Å²) in [4.78, 5) is 14.5. The number of likely N-dealkylation sites (tertiary alicyclic amines) is 1. The Hall–Kier alpha value is -2.01. The third-order valence-electron chi connectivity index (χ3n) is 4.35. The molecule has 1 aliphatic rings. The number of hydrogen-bond acceptors (Lipinski definition) is 3. The maximum absolute atomic E-state index is 12.7. The third kappa shape index (κ3) is 3.41. The number of hydrogen-bond donors (Lipinski definition) is 1. The lowest BCUT2D eigenvalue weighted by atomic mass is 10.1. The van der Waals surface area contributed by atoms with E-state index < -0.39 is 0 Å². The van der Waals surface area contributed by atoms with Crippen LogP contribution in [0.1, 0.15) is 55.7 Å². The fourth-order valence-electron chi connectivity index (χ4n) is 2.95. The summed E-state index contributed by atoms with van der Waals surface area (Å²) in [5.41, 5.74) is 2.59. The minimum Gasteiger partial charge on any atom is -0.359 e. The highest BCUT2D eigenvalue weighted by Crippen LogP contribution is 2.34. The molecule has 1 aliphatic heterocycles. The van der Waals surface area contributed by atoms with Crippen LogP contribution in [0.25, 0.3) is 0 Å². The van der Waals surface area contributed by atoms with Gasteiger partial charge >= 0.3 is 6.03 Å². The number of urea groups is 1. The molecule has 0 bridgehead atoms. The van der Waals surface area contributed by atoms with Crippen LogP contribution in [0, 0.1) is 6.92 Å². The van der Waals surface area contributed by atoms with Crippen molar-refractivity contribution in [3.05, 3.63) is 46.3 Å². The number of nitrogens with zero attached hydrogens (tertiary/aromatic N) is 2. The van der Waals surface area contributed by atoms with Gasteiger partial charge in [-0.15, -0.1) is 0 Å². The predicted molar refractivity (Wildman–Crippen MR) is 94.5 cm³/mol. The summed E-state index contributed by atoms with van der Waals surface area (Å²) in [6, 6.07) is 7.31. The van der Waals surface area contributed by atoms with Crippen LogP contribution in [0.2, 0.25) is 5.02 Å². The fraction of sp³-hybridized carbons (Fsp3) is 0.444. The molecule has 2 heterocycles. The van der Waals surface area contributed by atoms with Crippen LogP contribution in [0.5, 0.6) is 0 Å². The summed E-state index contributed by atoms with van der Waals surface area (Å²) in [6.45, 7) is 6.79. The van der Waals surface area contributed by atoms with Crippen molar-refractivity contribution >= 4 is 23.3 Å². The monoisotopic (exact) mass is 347 g/mol. The van der Waals surface area contributed by atoms with Crippen LogP contribution in [0.3, 0.4) is 0 Å². The second-order valence-electron chi connectivity index (χ2n) is 6.57. The number of aryl methyl sites for hydroxylation is 1. The first-order valence-corrected chi connectivity index (χ1v) is 8.64. The molecular weight excluding hydrogens is 326 g/mol. The van der Waals surface area contributed by atoms with Crippen LogP contribution in [0.4, 0.5) is 10.5 Å². The van der Waals surface area contributed by atoms with Gasteiger partial charge in [0.1, 0.15) is 0 Å². The number of amides is 2. The summed E-state index contributed by atoms with van der Waals surface area (Å²) in [6.07, 6.45) is 1.82. The van der Waals surface area contributed by atoms with E-state index in [1.54, 1.807) is 4.90 Å². The van der Waals surface area contributed by atoms with Gasteiger partial charge in [-0.1, -0.05) is 36.7 Å². The van der Waals surface area contributed by atoms with Gasteiger partial charge in [0, 0.05) is 12.6 Å². The molecule has 24 heavy (non-hydrogen) atoms. The molecule has 0 aliphatic carbocycles. The van der Waals surface area contributed by atoms with Gasteiger partial charge in [-0.2, -0.15) is 0 Å². The van der Waals surface area contributed by atoms with E-state index in [9.17, 15) is 4.79 Å². The van der Waals surface area contributed by atoms with Crippen LogP contribution < -0.4 is 5.32 Å². The molecule has 128 valence electrons. The minimum atomic E-state index is -0.161. The van der Waals surface area contributed by atoms with Gasteiger partial charge in [-0.25, -0.2) is 4.79 Å². The van der Waals surface area contributed by atoms with E-state index in [1.165, 1.54) is 0 Å².